The molecule has 7 nitrogen and oxygen atoms in total. The monoisotopic (exact) mass is 403 g/mol. The van der Waals surface area contributed by atoms with E-state index in [1.165, 1.54) is 23.0 Å². The summed E-state index contributed by atoms with van der Waals surface area (Å²) in [6.07, 6.45) is 1.45. The summed E-state index contributed by atoms with van der Waals surface area (Å²) in [5, 5.41) is 4.08. The molecular weight excluding hydrogens is 393 g/mol. The van der Waals surface area contributed by atoms with Gasteiger partial charge in [0.05, 0.1) is 10.5 Å². The molecule has 0 saturated heterocycles. The van der Waals surface area contributed by atoms with Gasteiger partial charge >= 0.3 is 0 Å². The molecule has 0 radical (unpaired) electrons. The van der Waals surface area contributed by atoms with Crippen molar-refractivity contribution >= 4 is 50.4 Å². The van der Waals surface area contributed by atoms with E-state index in [0.717, 1.165) is 22.7 Å². The van der Waals surface area contributed by atoms with Gasteiger partial charge in [-0.3, -0.25) is 4.72 Å². The molecule has 0 spiro atoms. The lowest BCUT2D eigenvalue weighted by Crippen LogP contribution is -2.17. The number of hydrogen-bond donors (Lipinski definition) is 1. The van der Waals surface area contributed by atoms with Crippen molar-refractivity contribution in [2.75, 3.05) is 4.72 Å². The number of anilines is 1. The maximum atomic E-state index is 12.5. The number of nitrogens with zero attached hydrogens (tertiary/aromatic N) is 4. The summed E-state index contributed by atoms with van der Waals surface area (Å²) in [4.78, 5) is 8.45. The van der Waals surface area contributed by atoms with E-state index in [2.05, 4.69) is 19.8 Å². The summed E-state index contributed by atoms with van der Waals surface area (Å²) in [6.45, 7) is 3.64. The maximum Gasteiger partial charge on any atom is 0.265 e. The first-order valence-electron chi connectivity index (χ1n) is 6.60. The molecule has 3 aromatic rings. The summed E-state index contributed by atoms with van der Waals surface area (Å²) in [5.74, 6) is 0.461. The molecule has 0 aromatic carbocycles. The Kier molecular flexibility index (Phi) is 4.52. The van der Waals surface area contributed by atoms with Crippen LogP contribution in [0.5, 0.6) is 0 Å². The number of nitrogens with one attached hydrogen (secondary N) is 1. The van der Waals surface area contributed by atoms with Crippen molar-refractivity contribution in [1.29, 1.82) is 0 Å². The normalized spacial score (nSPS) is 11.7. The third-order valence-electron chi connectivity index (χ3n) is 2.96. The number of rotatable bonds is 4. The molecule has 0 bridgehead atoms. The van der Waals surface area contributed by atoms with Crippen LogP contribution < -0.4 is 4.72 Å². The van der Waals surface area contributed by atoms with Crippen LogP contribution in [0.2, 0.25) is 8.67 Å². The second kappa shape index (κ2) is 6.32. The van der Waals surface area contributed by atoms with Gasteiger partial charge in [0.2, 0.25) is 0 Å². The van der Waals surface area contributed by atoms with Gasteiger partial charge in [-0.1, -0.05) is 23.2 Å². The Morgan fingerprint density at radius 2 is 1.83 bits per heavy atom. The first-order chi connectivity index (χ1) is 11.3. The number of sulfonamides is 1. The highest BCUT2D eigenvalue weighted by atomic mass is 35.5. The highest BCUT2D eigenvalue weighted by Crippen LogP contribution is 2.35. The smallest absolute Gasteiger partial charge is 0.263 e. The summed E-state index contributed by atoms with van der Waals surface area (Å²) in [5.41, 5.74) is 1.49. The van der Waals surface area contributed by atoms with Crippen molar-refractivity contribution in [3.8, 4) is 5.95 Å². The number of aryl methyl sites for hydroxylation is 2. The van der Waals surface area contributed by atoms with Gasteiger partial charge in [0.25, 0.3) is 16.0 Å². The third kappa shape index (κ3) is 3.39. The average molecular weight is 404 g/mol. The predicted octanol–water partition coefficient (Wildman–Crippen LogP) is 3.45. The van der Waals surface area contributed by atoms with Crippen LogP contribution in [-0.4, -0.2) is 28.2 Å². The van der Waals surface area contributed by atoms with E-state index in [1.54, 1.807) is 0 Å². The van der Waals surface area contributed by atoms with Crippen molar-refractivity contribution in [2.45, 2.75) is 18.7 Å². The summed E-state index contributed by atoms with van der Waals surface area (Å²) < 4.78 is 29.1. The van der Waals surface area contributed by atoms with Gasteiger partial charge in [-0.25, -0.2) is 18.4 Å². The fourth-order valence-electron chi connectivity index (χ4n) is 2.04. The van der Waals surface area contributed by atoms with Crippen molar-refractivity contribution in [3.05, 3.63) is 44.5 Å². The SMILES string of the molecule is Cc1cc(C)nc(-n2nccc2NS(=O)(=O)c2cc(Cl)sc2Cl)n1. The molecule has 0 saturated carbocycles. The molecular formula is C13H11Cl2N5O2S2. The predicted molar refractivity (Wildman–Crippen MR) is 93.8 cm³/mol. The summed E-state index contributed by atoms with van der Waals surface area (Å²) in [7, 11) is -3.92. The van der Waals surface area contributed by atoms with E-state index in [0.29, 0.717) is 0 Å². The first kappa shape index (κ1) is 17.2. The lowest BCUT2D eigenvalue weighted by Gasteiger charge is -2.10. The quantitative estimate of drug-likeness (QED) is 0.720. The molecule has 0 fully saturated rings. The Morgan fingerprint density at radius 3 is 2.42 bits per heavy atom. The van der Waals surface area contributed by atoms with Crippen LogP contribution >= 0.6 is 34.5 Å². The number of halogens is 2. The fraction of sp³-hybridized carbons (Fsp3) is 0.154. The molecule has 0 amide bonds. The van der Waals surface area contributed by atoms with Gasteiger partial charge in [-0.05, 0) is 26.0 Å². The molecule has 3 heterocycles. The number of thiophene rings is 1. The topological polar surface area (TPSA) is 89.8 Å². The Bertz CT molecular complexity index is 993. The van der Waals surface area contributed by atoms with Gasteiger partial charge < -0.3 is 0 Å². The van der Waals surface area contributed by atoms with Crippen molar-refractivity contribution in [3.63, 3.8) is 0 Å². The molecule has 11 heteroatoms. The number of hydrogen-bond acceptors (Lipinski definition) is 6. The second-order valence-electron chi connectivity index (χ2n) is 4.87. The van der Waals surface area contributed by atoms with Crippen LogP contribution in [-0.2, 0) is 10.0 Å². The minimum atomic E-state index is -3.92. The molecule has 3 rings (SSSR count). The Morgan fingerprint density at radius 1 is 1.17 bits per heavy atom. The van der Waals surface area contributed by atoms with E-state index in [9.17, 15) is 8.42 Å². The Labute approximate surface area is 152 Å². The van der Waals surface area contributed by atoms with Crippen LogP contribution in [0.1, 0.15) is 11.4 Å². The summed E-state index contributed by atoms with van der Waals surface area (Å²) in [6, 6.07) is 4.61. The molecule has 0 aliphatic heterocycles. The van der Waals surface area contributed by atoms with Gasteiger partial charge in [-0.15, -0.1) is 11.3 Å². The largest absolute Gasteiger partial charge is 0.265 e. The molecule has 24 heavy (non-hydrogen) atoms. The van der Waals surface area contributed by atoms with Gasteiger partial charge in [0.1, 0.15) is 15.0 Å². The molecule has 0 aliphatic carbocycles. The Hall–Kier alpha value is -1.68. The molecule has 0 aliphatic rings. The average Bonchev–Trinajstić information content (AvgIpc) is 3.04. The van der Waals surface area contributed by atoms with E-state index in [4.69, 9.17) is 23.2 Å². The van der Waals surface area contributed by atoms with Crippen LogP contribution in [0.15, 0.2) is 29.3 Å². The van der Waals surface area contributed by atoms with Crippen LogP contribution in [0.25, 0.3) is 5.95 Å². The van der Waals surface area contributed by atoms with E-state index in [1.807, 2.05) is 19.9 Å². The van der Waals surface area contributed by atoms with Gasteiger partial charge in [0, 0.05) is 17.5 Å². The van der Waals surface area contributed by atoms with E-state index >= 15 is 0 Å². The lowest BCUT2D eigenvalue weighted by molar-refractivity contribution is 0.601. The first-order valence-corrected chi connectivity index (χ1v) is 9.66. The third-order valence-corrected chi connectivity index (χ3v) is 6.06. The zero-order valence-corrected chi connectivity index (χ0v) is 15.6. The summed E-state index contributed by atoms with van der Waals surface area (Å²) >= 11 is 12.7. The Balaban J connectivity index is 2.01. The lowest BCUT2D eigenvalue weighted by atomic mass is 10.4. The van der Waals surface area contributed by atoms with Crippen molar-refractivity contribution < 1.29 is 8.42 Å². The molecule has 0 unspecified atom stereocenters. The zero-order valence-electron chi connectivity index (χ0n) is 12.5. The molecule has 126 valence electrons. The fourth-order valence-corrected chi connectivity index (χ4v) is 5.24. The highest BCUT2D eigenvalue weighted by Gasteiger charge is 2.23. The van der Waals surface area contributed by atoms with E-state index < -0.39 is 10.0 Å². The van der Waals surface area contributed by atoms with Crippen molar-refractivity contribution in [1.82, 2.24) is 19.7 Å². The second-order valence-corrected chi connectivity index (χ2v) is 8.81. The zero-order chi connectivity index (χ0) is 17.5. The molecule has 3 aromatic heterocycles. The molecule has 0 atom stereocenters. The standard InChI is InChI=1S/C13H11Cl2N5O2S2/c1-7-5-8(2)18-13(17-7)20-11(3-4-16-20)19-24(21,22)9-6-10(14)23-12(9)15/h3-6,19H,1-2H3. The molecule has 1 N–H and O–H groups in total. The van der Waals surface area contributed by atoms with E-state index in [-0.39, 0.29) is 25.3 Å². The van der Waals surface area contributed by atoms with Crippen LogP contribution in [0.4, 0.5) is 5.82 Å². The highest BCUT2D eigenvalue weighted by molar-refractivity contribution is 7.93. The van der Waals surface area contributed by atoms with Gasteiger partial charge in [-0.2, -0.15) is 9.78 Å². The maximum absolute atomic E-state index is 12.5. The van der Waals surface area contributed by atoms with Crippen LogP contribution in [0.3, 0.4) is 0 Å². The van der Waals surface area contributed by atoms with Crippen molar-refractivity contribution in [2.24, 2.45) is 0 Å². The minimum absolute atomic E-state index is 0.0845. The van der Waals surface area contributed by atoms with Gasteiger partial charge in [0.15, 0.2) is 0 Å². The van der Waals surface area contributed by atoms with Crippen LogP contribution in [0, 0.1) is 13.8 Å². The minimum Gasteiger partial charge on any atom is -0.263 e. The number of aromatic nitrogens is 4.